The van der Waals surface area contributed by atoms with E-state index in [0.717, 1.165) is 12.2 Å². The van der Waals surface area contributed by atoms with Crippen LogP contribution in [0.4, 0.5) is 10.1 Å². The van der Waals surface area contributed by atoms with Crippen LogP contribution in [0, 0.1) is 5.82 Å². The highest BCUT2D eigenvalue weighted by molar-refractivity contribution is 5.81. The molecule has 0 spiro atoms. The topological polar surface area (TPSA) is 35.6 Å². The molecule has 0 fully saturated rings. The monoisotopic (exact) mass is 267 g/mol. The van der Waals surface area contributed by atoms with Crippen LogP contribution in [0.3, 0.4) is 0 Å². The van der Waals surface area contributed by atoms with Crippen LogP contribution in [0.2, 0.25) is 0 Å². The molecule has 0 saturated carbocycles. The molecule has 0 aromatic heterocycles. The van der Waals surface area contributed by atoms with E-state index >= 15 is 0 Å². The van der Waals surface area contributed by atoms with Gasteiger partial charge in [0.2, 0.25) is 5.91 Å². The van der Waals surface area contributed by atoms with Crippen molar-refractivity contribution < 1.29 is 9.18 Å². The summed E-state index contributed by atoms with van der Waals surface area (Å²) in [6, 6.07) is 4.94. The Balaban J connectivity index is 2.92. The van der Waals surface area contributed by atoms with Crippen molar-refractivity contribution in [3.8, 4) is 0 Å². The number of amides is 1. The van der Waals surface area contributed by atoms with E-state index < -0.39 is 0 Å². The summed E-state index contributed by atoms with van der Waals surface area (Å²) in [6.07, 6.45) is 0. The molecule has 1 aromatic rings. The van der Waals surface area contributed by atoms with Gasteiger partial charge in [0, 0.05) is 38.9 Å². The third-order valence-electron chi connectivity index (χ3n) is 2.93. The van der Waals surface area contributed by atoms with E-state index in [1.807, 2.05) is 13.0 Å². The molecule has 1 amide bonds. The SMILES string of the molecule is CCNCc1c(F)cccc1N(C)CC(=O)N(C)C. The molecule has 0 saturated heterocycles. The maximum Gasteiger partial charge on any atom is 0.241 e. The summed E-state index contributed by atoms with van der Waals surface area (Å²) in [6.45, 7) is 3.43. The van der Waals surface area contributed by atoms with E-state index in [1.54, 1.807) is 32.1 Å². The van der Waals surface area contributed by atoms with Crippen LogP contribution >= 0.6 is 0 Å². The predicted molar refractivity (Wildman–Crippen MR) is 75.7 cm³/mol. The van der Waals surface area contributed by atoms with Crippen LogP contribution in [0.15, 0.2) is 18.2 Å². The van der Waals surface area contributed by atoms with Crippen LogP contribution in [0.25, 0.3) is 0 Å². The minimum Gasteiger partial charge on any atom is -0.365 e. The number of carbonyl (C=O) groups is 1. The lowest BCUT2D eigenvalue weighted by Crippen LogP contribution is -2.35. The van der Waals surface area contributed by atoms with Gasteiger partial charge in [-0.15, -0.1) is 0 Å². The van der Waals surface area contributed by atoms with E-state index in [9.17, 15) is 9.18 Å². The quantitative estimate of drug-likeness (QED) is 0.847. The van der Waals surface area contributed by atoms with Crippen molar-refractivity contribution >= 4 is 11.6 Å². The fourth-order valence-electron chi connectivity index (χ4n) is 1.76. The number of hydrogen-bond acceptors (Lipinski definition) is 3. The van der Waals surface area contributed by atoms with Crippen LogP contribution in [-0.4, -0.2) is 45.0 Å². The normalized spacial score (nSPS) is 10.4. The molecule has 1 rings (SSSR count). The molecule has 19 heavy (non-hydrogen) atoms. The molecular weight excluding hydrogens is 245 g/mol. The van der Waals surface area contributed by atoms with Gasteiger partial charge in [0.1, 0.15) is 5.82 Å². The molecule has 106 valence electrons. The highest BCUT2D eigenvalue weighted by Crippen LogP contribution is 2.22. The number of nitrogens with one attached hydrogen (secondary N) is 1. The van der Waals surface area contributed by atoms with E-state index in [1.165, 1.54) is 11.0 Å². The molecule has 0 bridgehead atoms. The van der Waals surface area contributed by atoms with Crippen molar-refractivity contribution in [1.82, 2.24) is 10.2 Å². The Labute approximate surface area is 114 Å². The Hall–Kier alpha value is -1.62. The third kappa shape index (κ3) is 4.21. The second-order valence-electron chi connectivity index (χ2n) is 4.66. The summed E-state index contributed by atoms with van der Waals surface area (Å²) < 4.78 is 13.9. The molecular formula is C14H22FN3O. The molecule has 1 aromatic carbocycles. The van der Waals surface area contributed by atoms with Gasteiger partial charge in [0.25, 0.3) is 0 Å². The van der Waals surface area contributed by atoms with E-state index in [0.29, 0.717) is 12.1 Å². The molecule has 0 aliphatic heterocycles. The van der Waals surface area contributed by atoms with Crippen molar-refractivity contribution in [3.05, 3.63) is 29.6 Å². The summed E-state index contributed by atoms with van der Waals surface area (Å²) in [5.41, 5.74) is 1.34. The molecule has 0 heterocycles. The Morgan fingerprint density at radius 1 is 1.32 bits per heavy atom. The lowest BCUT2D eigenvalue weighted by Gasteiger charge is -2.24. The summed E-state index contributed by atoms with van der Waals surface area (Å²) >= 11 is 0. The van der Waals surface area contributed by atoms with E-state index in [2.05, 4.69) is 5.32 Å². The second-order valence-corrected chi connectivity index (χ2v) is 4.66. The van der Waals surface area contributed by atoms with Gasteiger partial charge in [0.15, 0.2) is 0 Å². The average Bonchev–Trinajstić information content (AvgIpc) is 2.36. The van der Waals surface area contributed by atoms with Crippen molar-refractivity contribution in [3.63, 3.8) is 0 Å². The molecule has 5 heteroatoms. The van der Waals surface area contributed by atoms with Crippen molar-refractivity contribution in [2.24, 2.45) is 0 Å². The first-order chi connectivity index (χ1) is 8.97. The third-order valence-corrected chi connectivity index (χ3v) is 2.93. The van der Waals surface area contributed by atoms with Gasteiger partial charge in [0.05, 0.1) is 6.54 Å². The van der Waals surface area contributed by atoms with Gasteiger partial charge in [-0.25, -0.2) is 4.39 Å². The smallest absolute Gasteiger partial charge is 0.241 e. The van der Waals surface area contributed by atoms with Crippen LogP contribution in [-0.2, 0) is 11.3 Å². The van der Waals surface area contributed by atoms with Gasteiger partial charge < -0.3 is 15.1 Å². The Morgan fingerprint density at radius 3 is 2.58 bits per heavy atom. The molecule has 0 aliphatic rings. The van der Waals surface area contributed by atoms with Crippen LogP contribution in [0.1, 0.15) is 12.5 Å². The number of rotatable bonds is 6. The number of anilines is 1. The van der Waals surface area contributed by atoms with Crippen LogP contribution in [0.5, 0.6) is 0 Å². The molecule has 0 unspecified atom stereocenters. The maximum atomic E-state index is 13.9. The zero-order valence-electron chi connectivity index (χ0n) is 12.0. The number of likely N-dealkylation sites (N-methyl/N-ethyl adjacent to an activating group) is 2. The number of benzene rings is 1. The number of halogens is 1. The summed E-state index contributed by atoms with van der Waals surface area (Å²) in [7, 11) is 5.22. The first kappa shape index (κ1) is 15.4. The number of nitrogens with zero attached hydrogens (tertiary/aromatic N) is 2. The standard InChI is InChI=1S/C14H22FN3O/c1-5-16-9-11-12(15)7-6-8-13(11)18(4)10-14(19)17(2)3/h6-8,16H,5,9-10H2,1-4H3. The van der Waals surface area contributed by atoms with Gasteiger partial charge in [-0.3, -0.25) is 4.79 Å². The summed E-state index contributed by atoms with van der Waals surface area (Å²) in [5, 5.41) is 3.11. The molecule has 4 nitrogen and oxygen atoms in total. The summed E-state index contributed by atoms with van der Waals surface area (Å²) in [4.78, 5) is 15.0. The maximum absolute atomic E-state index is 13.9. The minimum absolute atomic E-state index is 0.0128. The molecule has 0 radical (unpaired) electrons. The highest BCUT2D eigenvalue weighted by Gasteiger charge is 2.14. The van der Waals surface area contributed by atoms with E-state index in [-0.39, 0.29) is 18.3 Å². The fourth-order valence-corrected chi connectivity index (χ4v) is 1.76. The molecule has 1 N–H and O–H groups in total. The van der Waals surface area contributed by atoms with Gasteiger partial charge >= 0.3 is 0 Å². The Kier molecular flexibility index (Phi) is 5.76. The minimum atomic E-state index is -0.248. The summed E-state index contributed by atoms with van der Waals surface area (Å²) in [5.74, 6) is -0.260. The van der Waals surface area contributed by atoms with E-state index in [4.69, 9.17) is 0 Å². The van der Waals surface area contributed by atoms with Crippen molar-refractivity contribution in [2.75, 3.05) is 39.1 Å². The fraction of sp³-hybridized carbons (Fsp3) is 0.500. The number of carbonyl (C=O) groups excluding carboxylic acids is 1. The first-order valence-electron chi connectivity index (χ1n) is 6.36. The molecule has 0 aliphatic carbocycles. The second kappa shape index (κ2) is 7.09. The number of hydrogen-bond donors (Lipinski definition) is 1. The first-order valence-corrected chi connectivity index (χ1v) is 6.36. The van der Waals surface area contributed by atoms with Crippen molar-refractivity contribution in [1.29, 1.82) is 0 Å². The zero-order chi connectivity index (χ0) is 14.4. The average molecular weight is 267 g/mol. The highest BCUT2D eigenvalue weighted by atomic mass is 19.1. The lowest BCUT2D eigenvalue weighted by atomic mass is 10.1. The van der Waals surface area contributed by atoms with Gasteiger partial charge in [-0.05, 0) is 18.7 Å². The largest absolute Gasteiger partial charge is 0.365 e. The zero-order valence-corrected chi connectivity index (χ0v) is 12.0. The van der Waals surface area contributed by atoms with Crippen molar-refractivity contribution in [2.45, 2.75) is 13.5 Å². The Morgan fingerprint density at radius 2 is 2.00 bits per heavy atom. The Bertz CT molecular complexity index is 435. The van der Waals surface area contributed by atoms with Crippen LogP contribution < -0.4 is 10.2 Å². The lowest BCUT2D eigenvalue weighted by molar-refractivity contribution is -0.127. The van der Waals surface area contributed by atoms with Gasteiger partial charge in [-0.2, -0.15) is 0 Å². The van der Waals surface area contributed by atoms with Gasteiger partial charge in [-0.1, -0.05) is 13.0 Å². The molecule has 0 atom stereocenters. The predicted octanol–water partition coefficient (Wildman–Crippen LogP) is 1.46.